The number of hydrogen-bond donors (Lipinski definition) is 2. The van der Waals surface area contributed by atoms with E-state index in [2.05, 4.69) is 29.5 Å². The number of rotatable bonds is 8. The van der Waals surface area contributed by atoms with E-state index in [0.717, 1.165) is 29.7 Å². The fraction of sp³-hybridized carbons (Fsp3) is 0.485. The van der Waals surface area contributed by atoms with Gasteiger partial charge in [-0.05, 0) is 106 Å². The monoisotopic (exact) mass is 557 g/mol. The topological polar surface area (TPSA) is 98.8 Å². The highest BCUT2D eigenvalue weighted by molar-refractivity contribution is 6.13. The van der Waals surface area contributed by atoms with Crippen LogP contribution in [0.2, 0.25) is 0 Å². The number of pyridine rings is 1. The number of fused-ring (bicyclic) bond motifs is 3. The van der Waals surface area contributed by atoms with Crippen molar-refractivity contribution in [2.45, 2.75) is 64.3 Å². The minimum Gasteiger partial charge on any atom is -0.493 e. The van der Waals surface area contributed by atoms with Crippen molar-refractivity contribution >= 4 is 28.4 Å². The van der Waals surface area contributed by atoms with Crippen LogP contribution in [0.3, 0.4) is 0 Å². The molecule has 2 atom stereocenters. The predicted molar refractivity (Wildman–Crippen MR) is 157 cm³/mol. The molecule has 8 nitrogen and oxygen atoms in total. The average Bonchev–Trinajstić information content (AvgIpc) is 3.75. The normalized spacial score (nSPS) is 26.1. The van der Waals surface area contributed by atoms with E-state index in [1.807, 2.05) is 12.1 Å². The smallest absolute Gasteiger partial charge is 0.240 e. The Labute approximate surface area is 241 Å². The molecular formula is C33H39N3O5. The van der Waals surface area contributed by atoms with Gasteiger partial charge in [-0.25, -0.2) is 0 Å². The van der Waals surface area contributed by atoms with Crippen LogP contribution in [0.5, 0.6) is 23.0 Å². The summed E-state index contributed by atoms with van der Waals surface area (Å²) in [6.07, 6.45) is 8.61. The summed E-state index contributed by atoms with van der Waals surface area (Å²) in [6.45, 7) is 4.52. The Hall–Kier alpha value is -3.81. The lowest BCUT2D eigenvalue weighted by Gasteiger charge is -2.47. The highest BCUT2D eigenvalue weighted by Gasteiger charge is 2.58. The zero-order chi connectivity index (χ0) is 28.8. The first-order valence-electron chi connectivity index (χ1n) is 14.6. The third-order valence-corrected chi connectivity index (χ3v) is 9.20. The average molecular weight is 558 g/mol. The van der Waals surface area contributed by atoms with E-state index < -0.39 is 5.41 Å². The lowest BCUT2D eigenvalue weighted by Crippen LogP contribution is -2.55. The molecule has 1 heterocycles. The summed E-state index contributed by atoms with van der Waals surface area (Å²) in [4.78, 5) is 31.2. The molecule has 8 heteroatoms. The first kappa shape index (κ1) is 27.4. The summed E-state index contributed by atoms with van der Waals surface area (Å²) < 4.78 is 17.0. The van der Waals surface area contributed by atoms with Gasteiger partial charge in [-0.3, -0.25) is 14.6 Å². The van der Waals surface area contributed by atoms with Gasteiger partial charge in [0.1, 0.15) is 16.9 Å². The lowest BCUT2D eigenvalue weighted by molar-refractivity contribution is -0.136. The standard InChI is InChI=1S/C33H39N3O5/c1-20-13-21-15-22(14-20)19-32(2,18-21)36-31(38)33(10-11-33)30(37)35-23-5-7-24(8-6-23)41-27-9-12-34-26-17-29(40-4)28(39-3)16-25(26)27/h5-9,12,16-17,20-22H,10-11,13-15,18-19H2,1-4H3,(H,35,37)(H,36,38). The molecule has 3 aliphatic rings. The van der Waals surface area contributed by atoms with Crippen molar-refractivity contribution in [1.29, 1.82) is 0 Å². The van der Waals surface area contributed by atoms with Crippen LogP contribution in [0, 0.1) is 23.2 Å². The molecular weight excluding hydrogens is 518 g/mol. The van der Waals surface area contributed by atoms with Gasteiger partial charge < -0.3 is 24.8 Å². The van der Waals surface area contributed by atoms with E-state index >= 15 is 0 Å². The number of carbonyl (C=O) groups excluding carboxylic acids is 2. The Kier molecular flexibility index (Phi) is 7.04. The molecule has 2 unspecified atom stereocenters. The summed E-state index contributed by atoms with van der Waals surface area (Å²) in [5, 5.41) is 7.09. The zero-order valence-corrected chi connectivity index (χ0v) is 24.3. The number of ether oxygens (including phenoxy) is 3. The molecule has 6 rings (SSSR count). The Morgan fingerprint density at radius 2 is 1.54 bits per heavy atom. The molecule has 216 valence electrons. The molecule has 2 amide bonds. The number of carbonyl (C=O) groups is 2. The van der Waals surface area contributed by atoms with Gasteiger partial charge in [0.15, 0.2) is 11.5 Å². The minimum absolute atomic E-state index is 0.123. The van der Waals surface area contributed by atoms with Crippen molar-refractivity contribution in [3.63, 3.8) is 0 Å². The van der Waals surface area contributed by atoms with Crippen LogP contribution >= 0.6 is 0 Å². The van der Waals surface area contributed by atoms with Crippen LogP contribution in [0.15, 0.2) is 48.7 Å². The van der Waals surface area contributed by atoms with Gasteiger partial charge in [-0.1, -0.05) is 6.92 Å². The van der Waals surface area contributed by atoms with E-state index in [4.69, 9.17) is 14.2 Å². The maximum absolute atomic E-state index is 13.5. The maximum Gasteiger partial charge on any atom is 0.240 e. The van der Waals surface area contributed by atoms with Crippen molar-refractivity contribution in [1.82, 2.24) is 10.3 Å². The SMILES string of the molecule is COc1cc2nccc(Oc3ccc(NC(=O)C4(C(=O)NC5(C)CC6CC(C)CC(C6)C5)CC4)cc3)c2cc1OC. The van der Waals surface area contributed by atoms with Crippen molar-refractivity contribution in [2.24, 2.45) is 23.2 Å². The second kappa shape index (κ2) is 10.5. The van der Waals surface area contributed by atoms with Crippen LogP contribution in [0.25, 0.3) is 10.9 Å². The first-order chi connectivity index (χ1) is 19.7. The molecule has 1 aromatic heterocycles. The van der Waals surface area contributed by atoms with Gasteiger partial charge in [0.05, 0.1) is 19.7 Å². The number of anilines is 1. The van der Waals surface area contributed by atoms with Crippen molar-refractivity contribution < 1.29 is 23.8 Å². The quantitative estimate of drug-likeness (QED) is 0.308. The molecule has 0 spiro atoms. The number of nitrogens with zero attached hydrogens (tertiary/aromatic N) is 1. The fourth-order valence-electron chi connectivity index (χ4n) is 7.29. The summed E-state index contributed by atoms with van der Waals surface area (Å²) in [5.74, 6) is 4.16. The number of benzene rings is 2. The Balaban J connectivity index is 1.11. The molecule has 3 saturated carbocycles. The molecule has 0 radical (unpaired) electrons. The van der Waals surface area contributed by atoms with Crippen LogP contribution < -0.4 is 24.8 Å². The summed E-state index contributed by atoms with van der Waals surface area (Å²) in [5.41, 5.74) is 0.136. The van der Waals surface area contributed by atoms with Crippen LogP contribution in [0.1, 0.15) is 58.8 Å². The van der Waals surface area contributed by atoms with E-state index in [1.165, 1.54) is 19.3 Å². The largest absolute Gasteiger partial charge is 0.493 e. The second-order valence-electron chi connectivity index (χ2n) is 12.7. The minimum atomic E-state index is -0.978. The van der Waals surface area contributed by atoms with E-state index in [-0.39, 0.29) is 17.4 Å². The molecule has 3 aliphatic carbocycles. The molecule has 2 bridgehead atoms. The number of methoxy groups -OCH3 is 2. The molecule has 3 fully saturated rings. The van der Waals surface area contributed by atoms with Crippen molar-refractivity contribution in [2.75, 3.05) is 19.5 Å². The van der Waals surface area contributed by atoms with Crippen LogP contribution in [-0.2, 0) is 9.59 Å². The molecule has 2 aromatic carbocycles. The first-order valence-corrected chi connectivity index (χ1v) is 14.6. The Morgan fingerprint density at radius 1 is 0.878 bits per heavy atom. The third kappa shape index (κ3) is 5.44. The van der Waals surface area contributed by atoms with Gasteiger partial charge in [0.25, 0.3) is 0 Å². The Bertz CT molecular complexity index is 1450. The molecule has 2 N–H and O–H groups in total. The summed E-state index contributed by atoms with van der Waals surface area (Å²) in [6, 6.07) is 12.6. The van der Waals surface area contributed by atoms with Gasteiger partial charge in [0.2, 0.25) is 11.8 Å². The summed E-state index contributed by atoms with van der Waals surface area (Å²) >= 11 is 0. The number of aromatic nitrogens is 1. The predicted octanol–water partition coefficient (Wildman–Crippen LogP) is 6.48. The number of nitrogens with one attached hydrogen (secondary N) is 2. The number of hydrogen-bond acceptors (Lipinski definition) is 6. The van der Waals surface area contributed by atoms with Gasteiger partial charge >= 0.3 is 0 Å². The van der Waals surface area contributed by atoms with Gasteiger partial charge in [0, 0.05) is 28.9 Å². The lowest BCUT2D eigenvalue weighted by atomic mass is 9.62. The van der Waals surface area contributed by atoms with E-state index in [9.17, 15) is 9.59 Å². The molecule has 41 heavy (non-hydrogen) atoms. The fourth-order valence-corrected chi connectivity index (χ4v) is 7.29. The zero-order valence-electron chi connectivity index (χ0n) is 24.3. The Morgan fingerprint density at radius 3 is 2.17 bits per heavy atom. The molecule has 3 aromatic rings. The highest BCUT2D eigenvalue weighted by Crippen LogP contribution is 2.50. The van der Waals surface area contributed by atoms with Gasteiger partial charge in [-0.15, -0.1) is 0 Å². The second-order valence-corrected chi connectivity index (χ2v) is 12.7. The van der Waals surface area contributed by atoms with Crippen LogP contribution in [-0.4, -0.2) is 36.6 Å². The highest BCUT2D eigenvalue weighted by atomic mass is 16.5. The third-order valence-electron chi connectivity index (χ3n) is 9.20. The van der Waals surface area contributed by atoms with Crippen molar-refractivity contribution in [3.8, 4) is 23.0 Å². The van der Waals surface area contributed by atoms with E-state index in [1.54, 1.807) is 50.7 Å². The van der Waals surface area contributed by atoms with Crippen LogP contribution in [0.4, 0.5) is 5.69 Å². The summed E-state index contributed by atoms with van der Waals surface area (Å²) in [7, 11) is 3.17. The number of amides is 2. The molecule has 0 saturated heterocycles. The van der Waals surface area contributed by atoms with E-state index in [0.29, 0.717) is 53.4 Å². The maximum atomic E-state index is 13.5. The molecule has 0 aliphatic heterocycles. The van der Waals surface area contributed by atoms with Gasteiger partial charge in [-0.2, -0.15) is 0 Å². The van der Waals surface area contributed by atoms with Crippen molar-refractivity contribution in [3.05, 3.63) is 48.7 Å².